The highest BCUT2D eigenvalue weighted by Gasteiger charge is 2.38. The van der Waals surface area contributed by atoms with Gasteiger partial charge >= 0.3 is 0 Å². The molecule has 138 valence electrons. The van der Waals surface area contributed by atoms with E-state index in [1.165, 1.54) is 54.4 Å². The van der Waals surface area contributed by atoms with Gasteiger partial charge in [-0.3, -0.25) is 5.32 Å². The first kappa shape index (κ1) is 17.1. The Morgan fingerprint density at radius 1 is 1.00 bits per heavy atom. The van der Waals surface area contributed by atoms with Gasteiger partial charge in [-0.05, 0) is 42.2 Å². The van der Waals surface area contributed by atoms with Crippen LogP contribution in [0.3, 0.4) is 0 Å². The van der Waals surface area contributed by atoms with Crippen molar-refractivity contribution in [1.29, 1.82) is 0 Å². The van der Waals surface area contributed by atoms with Crippen LogP contribution in [0.15, 0.2) is 53.5 Å². The van der Waals surface area contributed by atoms with Crippen LogP contribution in [-0.4, -0.2) is 23.6 Å². The molecule has 0 bridgehead atoms. The Hall–Kier alpha value is -2.04. The lowest BCUT2D eigenvalue weighted by atomic mass is 9.93. The summed E-state index contributed by atoms with van der Waals surface area (Å²) in [5.41, 5.74) is 6.30. The van der Waals surface area contributed by atoms with E-state index in [-0.39, 0.29) is 5.37 Å². The Morgan fingerprint density at radius 2 is 1.78 bits per heavy atom. The average Bonchev–Trinajstić information content (AvgIpc) is 3.24. The number of nitrogens with one attached hydrogen (secondary N) is 1. The van der Waals surface area contributed by atoms with Crippen LogP contribution in [0.1, 0.15) is 43.2 Å². The summed E-state index contributed by atoms with van der Waals surface area (Å²) in [4.78, 5) is 4.92. The van der Waals surface area contributed by atoms with Gasteiger partial charge in [-0.15, -0.1) is 0 Å². The summed E-state index contributed by atoms with van der Waals surface area (Å²) >= 11 is 1.88. The van der Waals surface area contributed by atoms with Crippen molar-refractivity contribution in [3.63, 3.8) is 0 Å². The van der Waals surface area contributed by atoms with Gasteiger partial charge in [0.05, 0.1) is 18.2 Å². The van der Waals surface area contributed by atoms with E-state index in [1.54, 1.807) is 7.11 Å². The lowest BCUT2D eigenvalue weighted by molar-refractivity contribution is 0.381. The zero-order chi connectivity index (χ0) is 18.2. The fourth-order valence-electron chi connectivity index (χ4n) is 4.38. The molecule has 3 aliphatic rings. The Morgan fingerprint density at radius 3 is 2.56 bits per heavy atom. The van der Waals surface area contributed by atoms with Gasteiger partial charge in [-0.2, -0.15) is 0 Å². The Bertz CT molecular complexity index is 910. The lowest BCUT2D eigenvalue weighted by Crippen LogP contribution is -2.37. The number of hydrogen-bond donors (Lipinski definition) is 1. The maximum atomic E-state index is 5.36. The highest BCUT2D eigenvalue weighted by molar-refractivity contribution is 8.16. The van der Waals surface area contributed by atoms with Crippen molar-refractivity contribution in [2.45, 2.75) is 43.5 Å². The molecule has 1 unspecified atom stereocenters. The van der Waals surface area contributed by atoms with Crippen molar-refractivity contribution in [2.24, 2.45) is 4.99 Å². The number of para-hydroxylation sites is 1. The van der Waals surface area contributed by atoms with Crippen molar-refractivity contribution < 1.29 is 4.74 Å². The molecule has 0 aromatic heterocycles. The summed E-state index contributed by atoms with van der Waals surface area (Å²) in [5.74, 6) is 0.896. The van der Waals surface area contributed by atoms with Crippen molar-refractivity contribution in [3.8, 4) is 5.75 Å². The molecule has 0 radical (unpaired) electrons. The second kappa shape index (κ2) is 7.17. The summed E-state index contributed by atoms with van der Waals surface area (Å²) in [7, 11) is 1.72. The monoisotopic (exact) mass is 376 g/mol. The Labute approximate surface area is 164 Å². The Balaban J connectivity index is 1.57. The van der Waals surface area contributed by atoms with Crippen LogP contribution in [0.4, 0.5) is 5.69 Å². The van der Waals surface area contributed by atoms with Crippen molar-refractivity contribution >= 4 is 33.6 Å². The van der Waals surface area contributed by atoms with Gasteiger partial charge in [0.25, 0.3) is 0 Å². The van der Waals surface area contributed by atoms with Crippen LogP contribution in [0, 0.1) is 0 Å². The molecule has 0 saturated heterocycles. The number of fused-ring (bicyclic) bond motifs is 3. The molecular weight excluding hydrogens is 352 g/mol. The van der Waals surface area contributed by atoms with Gasteiger partial charge in [-0.1, -0.05) is 61.4 Å². The summed E-state index contributed by atoms with van der Waals surface area (Å²) in [6, 6.07) is 17.6. The van der Waals surface area contributed by atoms with Crippen molar-refractivity contribution in [2.75, 3.05) is 7.11 Å². The fourth-order valence-corrected chi connectivity index (χ4v) is 5.72. The molecular formula is C23H24N2OS. The SMILES string of the molecule is COc1ccc(C2=C3C(=Nc4ccccc43)SC2NC2CCCCC2)cc1. The van der Waals surface area contributed by atoms with Crippen LogP contribution < -0.4 is 10.1 Å². The van der Waals surface area contributed by atoms with E-state index in [9.17, 15) is 0 Å². The second-order valence-corrected chi connectivity index (χ2v) is 8.54. The van der Waals surface area contributed by atoms with Crippen LogP contribution in [0.2, 0.25) is 0 Å². The van der Waals surface area contributed by atoms with E-state index < -0.39 is 0 Å². The van der Waals surface area contributed by atoms with Crippen LogP contribution in [0.5, 0.6) is 5.75 Å². The predicted octanol–water partition coefficient (Wildman–Crippen LogP) is 5.64. The molecule has 2 heterocycles. The summed E-state index contributed by atoms with van der Waals surface area (Å²) in [6.07, 6.45) is 6.62. The van der Waals surface area contributed by atoms with E-state index in [1.807, 2.05) is 11.8 Å². The molecule has 1 fully saturated rings. The molecule has 2 aliphatic heterocycles. The number of benzene rings is 2. The fraction of sp³-hybridized carbons (Fsp3) is 0.348. The van der Waals surface area contributed by atoms with E-state index >= 15 is 0 Å². The van der Waals surface area contributed by atoms with Gasteiger partial charge in [0.15, 0.2) is 0 Å². The van der Waals surface area contributed by atoms with E-state index in [0.717, 1.165) is 16.5 Å². The molecule has 0 spiro atoms. The molecule has 1 aliphatic carbocycles. The second-order valence-electron chi connectivity index (χ2n) is 7.45. The zero-order valence-electron chi connectivity index (χ0n) is 15.6. The van der Waals surface area contributed by atoms with Crippen LogP contribution in [-0.2, 0) is 0 Å². The first-order valence-electron chi connectivity index (χ1n) is 9.83. The zero-order valence-corrected chi connectivity index (χ0v) is 16.4. The van der Waals surface area contributed by atoms with Crippen molar-refractivity contribution in [1.82, 2.24) is 5.32 Å². The minimum atomic E-state index is 0.267. The van der Waals surface area contributed by atoms with Crippen molar-refractivity contribution in [3.05, 3.63) is 59.7 Å². The minimum absolute atomic E-state index is 0.267. The molecule has 2 aromatic rings. The first-order valence-corrected chi connectivity index (χ1v) is 10.7. The number of thioether (sulfide) groups is 1. The molecule has 3 nitrogen and oxygen atoms in total. The smallest absolute Gasteiger partial charge is 0.118 e. The van der Waals surface area contributed by atoms with E-state index in [2.05, 4.69) is 53.8 Å². The van der Waals surface area contributed by atoms with Gasteiger partial charge < -0.3 is 4.74 Å². The number of ether oxygens (including phenoxy) is 1. The third-order valence-corrected chi connectivity index (χ3v) is 6.89. The Kier molecular flexibility index (Phi) is 4.54. The molecule has 4 heteroatoms. The highest BCUT2D eigenvalue weighted by Crippen LogP contribution is 2.51. The maximum absolute atomic E-state index is 5.36. The topological polar surface area (TPSA) is 33.6 Å². The quantitative estimate of drug-likeness (QED) is 0.749. The number of rotatable bonds is 4. The van der Waals surface area contributed by atoms with Crippen LogP contribution >= 0.6 is 11.8 Å². The third-order valence-electron chi connectivity index (χ3n) is 5.76. The maximum Gasteiger partial charge on any atom is 0.118 e. The van der Waals surface area contributed by atoms with Gasteiger partial charge in [0.1, 0.15) is 10.8 Å². The molecule has 1 saturated carbocycles. The van der Waals surface area contributed by atoms with E-state index in [4.69, 9.17) is 9.73 Å². The predicted molar refractivity (Wildman–Crippen MR) is 115 cm³/mol. The largest absolute Gasteiger partial charge is 0.497 e. The first-order chi connectivity index (χ1) is 13.3. The number of hydrogen-bond acceptors (Lipinski definition) is 4. The minimum Gasteiger partial charge on any atom is -0.497 e. The molecule has 2 aromatic carbocycles. The molecule has 27 heavy (non-hydrogen) atoms. The average molecular weight is 377 g/mol. The third kappa shape index (κ3) is 3.11. The van der Waals surface area contributed by atoms with Gasteiger partial charge in [-0.25, -0.2) is 4.99 Å². The van der Waals surface area contributed by atoms with Crippen LogP contribution in [0.25, 0.3) is 11.1 Å². The molecule has 1 N–H and O–H groups in total. The highest BCUT2D eigenvalue weighted by atomic mass is 32.2. The summed E-state index contributed by atoms with van der Waals surface area (Å²) < 4.78 is 5.36. The summed E-state index contributed by atoms with van der Waals surface area (Å²) in [6.45, 7) is 0. The van der Waals surface area contributed by atoms with E-state index in [0.29, 0.717) is 6.04 Å². The molecule has 0 amide bonds. The molecule has 5 rings (SSSR count). The number of methoxy groups -OCH3 is 1. The van der Waals surface area contributed by atoms with Gasteiger partial charge in [0, 0.05) is 17.2 Å². The number of nitrogens with zero attached hydrogens (tertiary/aromatic N) is 1. The summed E-state index contributed by atoms with van der Waals surface area (Å²) in [5, 5.41) is 5.38. The molecule has 1 atom stereocenters. The normalized spacial score (nSPS) is 21.8. The lowest BCUT2D eigenvalue weighted by Gasteiger charge is -2.27. The van der Waals surface area contributed by atoms with Gasteiger partial charge in [0.2, 0.25) is 0 Å². The number of aliphatic imine (C=N–C) groups is 1. The standard InChI is InChI=1S/C23H24N2OS/c1-26-17-13-11-15(12-14-17)20-21-18-9-5-6-10-19(18)25-23(21)27-22(20)24-16-7-3-2-4-8-16/h5-6,9-14,16,22,24H,2-4,7-8H2,1H3.